The van der Waals surface area contributed by atoms with Crippen molar-refractivity contribution in [3.63, 3.8) is 0 Å². The lowest BCUT2D eigenvalue weighted by atomic mass is 9.99. The average Bonchev–Trinajstić information content (AvgIpc) is 2.42. The lowest BCUT2D eigenvalue weighted by Crippen LogP contribution is -2.50. The summed E-state index contributed by atoms with van der Waals surface area (Å²) in [6.45, 7) is 1.70. The molecular formula is C12H22N2O5. The van der Waals surface area contributed by atoms with Crippen molar-refractivity contribution >= 4 is 12.0 Å². The Bertz CT molecular complexity index is 310. The van der Waals surface area contributed by atoms with Crippen LogP contribution in [0.5, 0.6) is 0 Å². The van der Waals surface area contributed by atoms with Gasteiger partial charge < -0.3 is 24.7 Å². The van der Waals surface area contributed by atoms with E-state index >= 15 is 0 Å². The Kier molecular flexibility index (Phi) is 6.58. The fourth-order valence-corrected chi connectivity index (χ4v) is 2.18. The Morgan fingerprint density at radius 1 is 1.42 bits per heavy atom. The zero-order valence-electron chi connectivity index (χ0n) is 11.2. The maximum Gasteiger partial charge on any atom is 0.320 e. The van der Waals surface area contributed by atoms with Gasteiger partial charge in [-0.1, -0.05) is 0 Å². The molecule has 0 unspecified atom stereocenters. The lowest BCUT2D eigenvalue weighted by molar-refractivity contribution is -0.143. The van der Waals surface area contributed by atoms with Gasteiger partial charge >= 0.3 is 12.0 Å². The molecule has 1 aliphatic heterocycles. The van der Waals surface area contributed by atoms with Gasteiger partial charge in [-0.05, 0) is 12.8 Å². The Balaban J connectivity index is 2.59. The maximum absolute atomic E-state index is 12.3. The Morgan fingerprint density at radius 3 is 2.74 bits per heavy atom. The number of aliphatic carboxylic acids is 1. The summed E-state index contributed by atoms with van der Waals surface area (Å²) in [4.78, 5) is 26.3. The number of methoxy groups -OCH3 is 1. The van der Waals surface area contributed by atoms with Crippen molar-refractivity contribution in [1.82, 2.24) is 9.80 Å². The van der Waals surface area contributed by atoms with Gasteiger partial charge in [0.2, 0.25) is 0 Å². The highest BCUT2D eigenvalue weighted by atomic mass is 16.5. The molecule has 0 aromatic carbocycles. The first-order valence-electron chi connectivity index (χ1n) is 6.46. The number of carboxylic acid groups (broad SMARTS) is 1. The number of carbonyl (C=O) groups is 2. The first-order chi connectivity index (χ1) is 9.10. The molecule has 1 atom stereocenters. The number of aliphatic hydroxyl groups excluding tert-OH is 1. The molecule has 110 valence electrons. The van der Waals surface area contributed by atoms with Crippen molar-refractivity contribution in [3.05, 3.63) is 0 Å². The number of carboxylic acids is 1. The highest BCUT2D eigenvalue weighted by Gasteiger charge is 2.30. The summed E-state index contributed by atoms with van der Waals surface area (Å²) < 4.78 is 4.93. The van der Waals surface area contributed by atoms with Gasteiger partial charge in [-0.25, -0.2) is 4.79 Å². The van der Waals surface area contributed by atoms with Crippen LogP contribution in [0.1, 0.15) is 12.8 Å². The minimum Gasteiger partial charge on any atom is -0.481 e. The molecular weight excluding hydrogens is 252 g/mol. The number of nitrogens with zero attached hydrogens (tertiary/aromatic N) is 2. The molecule has 1 fully saturated rings. The molecule has 1 aliphatic rings. The van der Waals surface area contributed by atoms with E-state index in [-0.39, 0.29) is 25.7 Å². The molecule has 0 bridgehead atoms. The molecule has 2 N–H and O–H groups in total. The smallest absolute Gasteiger partial charge is 0.320 e. The third kappa shape index (κ3) is 4.68. The summed E-state index contributed by atoms with van der Waals surface area (Å²) in [5.74, 6) is -1.35. The van der Waals surface area contributed by atoms with Crippen molar-refractivity contribution < 1.29 is 24.5 Å². The maximum atomic E-state index is 12.3. The van der Waals surface area contributed by atoms with Crippen molar-refractivity contribution in [2.75, 3.05) is 46.5 Å². The van der Waals surface area contributed by atoms with Crippen LogP contribution in [0.4, 0.5) is 4.79 Å². The van der Waals surface area contributed by atoms with Crippen LogP contribution in [-0.2, 0) is 9.53 Å². The highest BCUT2D eigenvalue weighted by Crippen LogP contribution is 2.17. The van der Waals surface area contributed by atoms with Crippen molar-refractivity contribution in [2.24, 2.45) is 5.92 Å². The van der Waals surface area contributed by atoms with E-state index in [2.05, 4.69) is 0 Å². The predicted octanol–water partition coefficient (Wildman–Crippen LogP) is -0.156. The second-order valence-corrected chi connectivity index (χ2v) is 4.61. The Labute approximate surface area is 112 Å². The SMILES string of the molecule is COCCN(CCO)C(=O)N1CCC[C@H](C(=O)O)C1. The van der Waals surface area contributed by atoms with E-state index in [9.17, 15) is 9.59 Å². The normalized spacial score (nSPS) is 19.3. The summed E-state index contributed by atoms with van der Waals surface area (Å²) >= 11 is 0. The summed E-state index contributed by atoms with van der Waals surface area (Å²) in [6, 6.07) is -0.225. The standard InChI is InChI=1S/C12H22N2O5/c1-19-8-6-13(5-7-15)12(18)14-4-2-3-10(9-14)11(16)17/h10,15H,2-9H2,1H3,(H,16,17)/t10-/m0/s1. The first kappa shape index (κ1) is 15.7. The third-order valence-corrected chi connectivity index (χ3v) is 3.25. The van der Waals surface area contributed by atoms with Crippen molar-refractivity contribution in [3.8, 4) is 0 Å². The van der Waals surface area contributed by atoms with Crippen molar-refractivity contribution in [1.29, 1.82) is 0 Å². The molecule has 1 saturated heterocycles. The van der Waals surface area contributed by atoms with E-state index in [1.165, 1.54) is 4.90 Å². The summed E-state index contributed by atoms with van der Waals surface area (Å²) in [7, 11) is 1.54. The molecule has 19 heavy (non-hydrogen) atoms. The highest BCUT2D eigenvalue weighted by molar-refractivity contribution is 5.76. The van der Waals surface area contributed by atoms with Crippen LogP contribution in [0.2, 0.25) is 0 Å². The van der Waals surface area contributed by atoms with Crippen molar-refractivity contribution in [2.45, 2.75) is 12.8 Å². The largest absolute Gasteiger partial charge is 0.481 e. The Hall–Kier alpha value is -1.34. The molecule has 0 aromatic rings. The summed E-state index contributed by atoms with van der Waals surface area (Å²) in [5.41, 5.74) is 0. The fourth-order valence-electron chi connectivity index (χ4n) is 2.18. The Morgan fingerprint density at radius 2 is 2.16 bits per heavy atom. The van der Waals surface area contributed by atoms with Crippen LogP contribution in [0.15, 0.2) is 0 Å². The number of urea groups is 1. The van der Waals surface area contributed by atoms with Crippen LogP contribution >= 0.6 is 0 Å². The fraction of sp³-hybridized carbons (Fsp3) is 0.833. The zero-order chi connectivity index (χ0) is 14.3. The molecule has 1 heterocycles. The van der Waals surface area contributed by atoms with Crippen LogP contribution in [0.25, 0.3) is 0 Å². The number of piperidine rings is 1. The molecule has 0 saturated carbocycles. The monoisotopic (exact) mass is 274 g/mol. The van der Waals surface area contributed by atoms with Crippen LogP contribution < -0.4 is 0 Å². The van der Waals surface area contributed by atoms with Gasteiger partial charge in [-0.3, -0.25) is 4.79 Å². The minimum absolute atomic E-state index is 0.119. The van der Waals surface area contributed by atoms with E-state index < -0.39 is 11.9 Å². The third-order valence-electron chi connectivity index (χ3n) is 3.25. The number of likely N-dealkylation sites (tertiary alicyclic amines) is 1. The van der Waals surface area contributed by atoms with E-state index in [4.69, 9.17) is 14.9 Å². The van der Waals surface area contributed by atoms with E-state index in [1.54, 1.807) is 12.0 Å². The van der Waals surface area contributed by atoms with Crippen LogP contribution in [0.3, 0.4) is 0 Å². The van der Waals surface area contributed by atoms with Gasteiger partial charge in [0.15, 0.2) is 0 Å². The van der Waals surface area contributed by atoms with Gasteiger partial charge in [-0.15, -0.1) is 0 Å². The minimum atomic E-state index is -0.858. The number of amides is 2. The number of hydrogen-bond acceptors (Lipinski definition) is 4. The number of ether oxygens (including phenoxy) is 1. The van der Waals surface area contributed by atoms with Crippen LogP contribution in [0, 0.1) is 5.92 Å². The number of rotatable bonds is 6. The number of aliphatic hydroxyl groups is 1. The van der Waals surface area contributed by atoms with Gasteiger partial charge in [-0.2, -0.15) is 0 Å². The quantitative estimate of drug-likeness (QED) is 0.702. The summed E-state index contributed by atoms with van der Waals surface area (Å²) in [6.07, 6.45) is 1.30. The first-order valence-corrected chi connectivity index (χ1v) is 6.46. The molecule has 0 aromatic heterocycles. The predicted molar refractivity (Wildman–Crippen MR) is 67.9 cm³/mol. The number of carbonyl (C=O) groups excluding carboxylic acids is 1. The second-order valence-electron chi connectivity index (χ2n) is 4.61. The van der Waals surface area contributed by atoms with E-state index in [0.29, 0.717) is 32.5 Å². The van der Waals surface area contributed by atoms with E-state index in [0.717, 1.165) is 0 Å². The average molecular weight is 274 g/mol. The molecule has 2 amide bonds. The van der Waals surface area contributed by atoms with E-state index in [1.807, 2.05) is 0 Å². The van der Waals surface area contributed by atoms with Crippen LogP contribution in [-0.4, -0.2) is 78.5 Å². The number of hydrogen-bond donors (Lipinski definition) is 2. The van der Waals surface area contributed by atoms with Gasteiger partial charge in [0.05, 0.1) is 19.1 Å². The molecule has 0 radical (unpaired) electrons. The topological polar surface area (TPSA) is 90.3 Å². The molecule has 7 nitrogen and oxygen atoms in total. The molecule has 1 rings (SSSR count). The summed E-state index contributed by atoms with van der Waals surface area (Å²) in [5, 5.41) is 18.0. The van der Waals surface area contributed by atoms with Gasteiger partial charge in [0.1, 0.15) is 0 Å². The molecule has 7 heteroatoms. The zero-order valence-corrected chi connectivity index (χ0v) is 11.2. The molecule has 0 spiro atoms. The van der Waals surface area contributed by atoms with Gasteiger partial charge in [0, 0.05) is 33.3 Å². The lowest BCUT2D eigenvalue weighted by Gasteiger charge is -2.35. The second kappa shape index (κ2) is 7.96. The van der Waals surface area contributed by atoms with Gasteiger partial charge in [0.25, 0.3) is 0 Å². The molecule has 0 aliphatic carbocycles.